The molecule has 11 rings (SSSR count). The van der Waals surface area contributed by atoms with Gasteiger partial charge in [-0.05, 0) is 94.0 Å². The van der Waals surface area contributed by atoms with Crippen LogP contribution < -0.4 is 0 Å². The lowest BCUT2D eigenvalue weighted by Crippen LogP contribution is -2.28. The topological polar surface area (TPSA) is 44.0 Å². The number of aromatic nitrogens is 2. The summed E-state index contributed by atoms with van der Waals surface area (Å²) in [6.07, 6.45) is 4.63. The zero-order chi connectivity index (χ0) is 39.5. The number of hydrogen-bond acceptors (Lipinski definition) is 2. The first-order chi connectivity index (χ1) is 29.1. The van der Waals surface area contributed by atoms with Crippen molar-refractivity contribution in [3.05, 3.63) is 263 Å². The highest BCUT2D eigenvalue weighted by atomic mass is 16.1. The quantitative estimate of drug-likeness (QED) is 0.145. The lowest BCUT2D eigenvalue weighted by molar-refractivity contribution is 0.103. The highest BCUT2D eigenvalue weighted by molar-refractivity contribution is 6.10. The molecule has 2 aromatic heterocycles. The number of hydrogen-bond donors (Lipinski definition) is 0. The Balaban J connectivity index is 1.14. The number of para-hydroxylation sites is 2. The summed E-state index contributed by atoms with van der Waals surface area (Å²) in [5.74, 6) is 0.00398. The summed E-state index contributed by atoms with van der Waals surface area (Å²) >= 11 is 0. The summed E-state index contributed by atoms with van der Waals surface area (Å²) in [5, 5.41) is 2.29. The molecule has 0 unspecified atom stereocenters. The Morgan fingerprint density at radius 3 is 1.08 bits per heavy atom. The maximum atomic E-state index is 13.4. The number of nitrogens with zero attached hydrogens (tertiary/aromatic N) is 2. The summed E-state index contributed by atoms with van der Waals surface area (Å²) in [5.41, 5.74) is 13.2. The number of benzene rings is 8. The third-order valence-corrected chi connectivity index (χ3v) is 12.1. The van der Waals surface area contributed by atoms with E-state index in [0.717, 1.165) is 33.2 Å². The van der Waals surface area contributed by atoms with Gasteiger partial charge in [-0.1, -0.05) is 146 Å². The Morgan fingerprint density at radius 2 is 0.661 bits per heavy atom. The van der Waals surface area contributed by atoms with Crippen LogP contribution in [-0.2, 0) is 5.41 Å². The van der Waals surface area contributed by atoms with Crippen LogP contribution in [0.1, 0.15) is 54.1 Å². The third kappa shape index (κ3) is 5.30. The fraction of sp³-hybridized carbons (Fsp3) is 0.0182. The van der Waals surface area contributed by atoms with Crippen molar-refractivity contribution in [1.29, 1.82) is 0 Å². The van der Waals surface area contributed by atoms with Gasteiger partial charge in [0.1, 0.15) is 0 Å². The molecule has 0 atom stereocenters. The van der Waals surface area contributed by atoms with E-state index in [1.807, 2.05) is 109 Å². The Kier molecular flexibility index (Phi) is 7.99. The highest BCUT2D eigenvalue weighted by Crippen LogP contribution is 2.59. The van der Waals surface area contributed by atoms with Gasteiger partial charge in [0.25, 0.3) is 0 Å². The molecular weight excluding hydrogens is 721 g/mol. The SMILES string of the molecule is O=C(c1ccccc1)c1ccc(-n2cc(C3(c4cn(-c5ccc(C(=O)c6ccccc6)cc5)c5ccccc45)c4ccccc4-c4ccccc43)c3ccccc32)cc1. The van der Waals surface area contributed by atoms with Gasteiger partial charge in [0, 0.05) is 56.8 Å². The third-order valence-electron chi connectivity index (χ3n) is 12.1. The zero-order valence-electron chi connectivity index (χ0n) is 32.0. The molecule has 4 nitrogen and oxygen atoms in total. The number of fused-ring (bicyclic) bond motifs is 5. The summed E-state index contributed by atoms with van der Waals surface area (Å²) in [6, 6.07) is 69.7. The molecule has 278 valence electrons. The molecule has 10 aromatic rings. The number of rotatable bonds is 8. The van der Waals surface area contributed by atoms with Gasteiger partial charge in [0.15, 0.2) is 11.6 Å². The molecule has 0 radical (unpaired) electrons. The van der Waals surface area contributed by atoms with Crippen molar-refractivity contribution in [2.75, 3.05) is 0 Å². The fourth-order valence-corrected chi connectivity index (χ4v) is 9.40. The molecule has 2 heterocycles. The Hall–Kier alpha value is -7.82. The predicted molar refractivity (Wildman–Crippen MR) is 237 cm³/mol. The Morgan fingerprint density at radius 1 is 0.322 bits per heavy atom. The van der Waals surface area contributed by atoms with Crippen LogP contribution in [0.15, 0.2) is 219 Å². The monoisotopic (exact) mass is 756 g/mol. The number of carbonyl (C=O) groups excluding carboxylic acids is 2. The van der Waals surface area contributed by atoms with Crippen LogP contribution in [-0.4, -0.2) is 20.7 Å². The second-order valence-electron chi connectivity index (χ2n) is 15.2. The van der Waals surface area contributed by atoms with E-state index in [0.29, 0.717) is 22.3 Å². The van der Waals surface area contributed by atoms with E-state index in [1.54, 1.807) is 0 Å². The lowest BCUT2D eigenvalue weighted by atomic mass is 9.67. The van der Waals surface area contributed by atoms with Crippen LogP contribution in [0.2, 0.25) is 0 Å². The summed E-state index contributed by atoms with van der Waals surface area (Å²) in [4.78, 5) is 26.8. The fourth-order valence-electron chi connectivity index (χ4n) is 9.40. The minimum Gasteiger partial charge on any atom is -0.316 e. The average Bonchev–Trinajstić information content (AvgIpc) is 3.99. The van der Waals surface area contributed by atoms with Crippen LogP contribution in [0.3, 0.4) is 0 Å². The molecule has 0 amide bonds. The van der Waals surface area contributed by atoms with E-state index in [1.165, 1.54) is 33.4 Å². The average molecular weight is 757 g/mol. The molecule has 0 saturated carbocycles. The highest BCUT2D eigenvalue weighted by Gasteiger charge is 2.49. The van der Waals surface area contributed by atoms with E-state index in [4.69, 9.17) is 0 Å². The van der Waals surface area contributed by atoms with Crippen LogP contribution in [0.4, 0.5) is 0 Å². The van der Waals surface area contributed by atoms with Gasteiger partial charge in [-0.2, -0.15) is 0 Å². The van der Waals surface area contributed by atoms with E-state index < -0.39 is 5.41 Å². The molecule has 4 heteroatoms. The van der Waals surface area contributed by atoms with Crippen molar-refractivity contribution in [2.24, 2.45) is 0 Å². The van der Waals surface area contributed by atoms with Gasteiger partial charge in [0.2, 0.25) is 0 Å². The molecule has 0 fully saturated rings. The van der Waals surface area contributed by atoms with Crippen LogP contribution in [0.25, 0.3) is 44.3 Å². The summed E-state index contributed by atoms with van der Waals surface area (Å²) in [7, 11) is 0. The minimum atomic E-state index is -0.713. The predicted octanol–water partition coefficient (Wildman–Crippen LogP) is 12.4. The normalized spacial score (nSPS) is 12.7. The molecule has 59 heavy (non-hydrogen) atoms. The minimum absolute atomic E-state index is 0.00199. The van der Waals surface area contributed by atoms with Crippen molar-refractivity contribution in [1.82, 2.24) is 9.13 Å². The van der Waals surface area contributed by atoms with Gasteiger partial charge in [-0.15, -0.1) is 0 Å². The Bertz CT molecular complexity index is 3010. The largest absolute Gasteiger partial charge is 0.316 e. The molecule has 0 bridgehead atoms. The molecule has 0 N–H and O–H groups in total. The molecule has 0 spiro atoms. The molecule has 8 aromatic carbocycles. The Labute approximate surface area is 341 Å². The van der Waals surface area contributed by atoms with Crippen molar-refractivity contribution in [3.8, 4) is 22.5 Å². The first-order valence-electron chi connectivity index (χ1n) is 19.9. The summed E-state index contributed by atoms with van der Waals surface area (Å²) in [6.45, 7) is 0. The van der Waals surface area contributed by atoms with Gasteiger partial charge in [0.05, 0.1) is 16.4 Å². The van der Waals surface area contributed by atoms with Gasteiger partial charge in [-0.25, -0.2) is 0 Å². The standard InChI is InChI=1S/C55H36N2O2/c58-53(37-15-3-1-4-16-37)39-27-31-41(32-28-39)56-35-49(45-21-9-13-25-51(45)56)55(47-23-11-7-19-43(47)44-20-8-12-24-48(44)55)50-36-57(52-26-14-10-22-46(50)52)42-33-29-40(30-34-42)54(59)38-17-5-2-6-18-38/h1-36H. The first kappa shape index (κ1) is 34.4. The second kappa shape index (κ2) is 13.7. The number of carbonyl (C=O) groups is 2. The second-order valence-corrected chi connectivity index (χ2v) is 15.2. The molecule has 0 saturated heterocycles. The molecule has 0 aliphatic heterocycles. The maximum absolute atomic E-state index is 13.4. The van der Waals surface area contributed by atoms with Crippen LogP contribution in [0.5, 0.6) is 0 Å². The number of ketones is 2. The van der Waals surface area contributed by atoms with E-state index in [-0.39, 0.29) is 11.6 Å². The summed E-state index contributed by atoms with van der Waals surface area (Å²) < 4.78 is 4.54. The molecule has 1 aliphatic carbocycles. The van der Waals surface area contributed by atoms with Crippen molar-refractivity contribution in [3.63, 3.8) is 0 Å². The molecule has 1 aliphatic rings. The van der Waals surface area contributed by atoms with E-state index in [2.05, 4.69) is 119 Å². The van der Waals surface area contributed by atoms with Gasteiger partial charge in [-0.3, -0.25) is 9.59 Å². The van der Waals surface area contributed by atoms with Crippen molar-refractivity contribution in [2.45, 2.75) is 5.41 Å². The van der Waals surface area contributed by atoms with Crippen molar-refractivity contribution >= 4 is 33.4 Å². The molecular formula is C55H36N2O2. The maximum Gasteiger partial charge on any atom is 0.193 e. The van der Waals surface area contributed by atoms with Gasteiger partial charge < -0.3 is 9.13 Å². The van der Waals surface area contributed by atoms with Crippen LogP contribution >= 0.6 is 0 Å². The van der Waals surface area contributed by atoms with Crippen molar-refractivity contribution < 1.29 is 9.59 Å². The zero-order valence-corrected chi connectivity index (χ0v) is 32.0. The van der Waals surface area contributed by atoms with Gasteiger partial charge >= 0.3 is 0 Å². The van der Waals surface area contributed by atoms with Crippen LogP contribution in [0, 0.1) is 0 Å². The lowest BCUT2D eigenvalue weighted by Gasteiger charge is -2.32. The van der Waals surface area contributed by atoms with E-state index in [9.17, 15) is 9.59 Å². The smallest absolute Gasteiger partial charge is 0.193 e. The first-order valence-corrected chi connectivity index (χ1v) is 19.9. The van der Waals surface area contributed by atoms with E-state index >= 15 is 0 Å².